The number of piperazine rings is 3. The van der Waals surface area contributed by atoms with Crippen molar-refractivity contribution in [2.24, 2.45) is 5.92 Å². The van der Waals surface area contributed by atoms with E-state index in [2.05, 4.69) is 128 Å². The SMILES string of the molecule is S.S.S.S.[C-]#[N+]C[C@H]1CN(c2nc(OC[C@@H]3CCCN3C)nc3c2CCN(c2cnccc2OC)C3)CCN1C(=O)C=C.[C-]#[N+]C[C@H]1CN(c2nc(OC[C@@H]3CCCN3CCO)nc3c2CCN(c2cccc4ccccc24)C3)CCN1C(=O)C=C.[C-]#[N+]C[C@H]1CN(c2nc(OC[C@@H]3C[C@@H](C)CN3C)nc3c2CCN(c2cccc(F)c2C(F)(F)F)C3)CCN1C(=O)/C=C/CN(C)C. The maximum absolute atomic E-state index is 14.5. The molecular formula is C94H125F4N23O8S4. The van der Waals surface area contributed by atoms with Crippen LogP contribution in [0.5, 0.6) is 23.8 Å². The quantitative estimate of drug-likeness (QED) is 0.0301. The van der Waals surface area contributed by atoms with Gasteiger partial charge in [-0.3, -0.25) is 29.2 Å². The summed E-state index contributed by atoms with van der Waals surface area (Å²) < 4.78 is 80.7. The van der Waals surface area contributed by atoms with Gasteiger partial charge in [-0.2, -0.15) is 97.1 Å². The lowest BCUT2D eigenvalue weighted by Crippen LogP contribution is -2.56. The fourth-order valence-corrected chi connectivity index (χ4v) is 19.3. The van der Waals surface area contributed by atoms with Crippen molar-refractivity contribution in [1.29, 1.82) is 0 Å². The van der Waals surface area contributed by atoms with E-state index in [-0.39, 0.29) is 153 Å². The molecule has 133 heavy (non-hydrogen) atoms. The summed E-state index contributed by atoms with van der Waals surface area (Å²) in [7, 11) is 9.66. The number of pyridine rings is 1. The zero-order valence-electron chi connectivity index (χ0n) is 76.6. The van der Waals surface area contributed by atoms with Crippen LogP contribution in [0.15, 0.2) is 117 Å². The summed E-state index contributed by atoms with van der Waals surface area (Å²) in [4.78, 5) is 109. The monoisotopic (exact) mass is 1910 g/mol. The number of carbonyl (C=O) groups excluding carboxylic acids is 3. The predicted octanol–water partition coefficient (Wildman–Crippen LogP) is 9.61. The first kappa shape index (κ1) is 104. The van der Waals surface area contributed by atoms with E-state index in [1.54, 1.807) is 40.2 Å². The molecule has 0 aliphatic carbocycles. The average molecular weight is 1910 g/mol. The largest absolute Gasteiger partial charge is 0.494 e. The summed E-state index contributed by atoms with van der Waals surface area (Å²) in [6, 6.07) is 20.8. The van der Waals surface area contributed by atoms with Crippen molar-refractivity contribution in [3.05, 3.63) is 196 Å². The minimum atomic E-state index is -4.87. The van der Waals surface area contributed by atoms with Crippen LogP contribution in [0.4, 0.5) is 52.1 Å². The van der Waals surface area contributed by atoms with Gasteiger partial charge in [0.1, 0.15) is 72.5 Å². The Labute approximate surface area is 805 Å². The zero-order chi connectivity index (χ0) is 91.0. The molecule has 16 rings (SSSR count). The lowest BCUT2D eigenvalue weighted by atomic mass is 10.0. The number of ether oxygens (including phenoxy) is 4. The Kier molecular flexibility index (Phi) is 38.1. The number of aromatic nitrogens is 7. The van der Waals surface area contributed by atoms with Gasteiger partial charge < -0.3 is 92.5 Å². The molecule has 0 spiro atoms. The molecule has 0 saturated carbocycles. The maximum atomic E-state index is 14.5. The third-order valence-electron chi connectivity index (χ3n) is 26.0. The van der Waals surface area contributed by atoms with E-state index < -0.39 is 17.6 Å². The van der Waals surface area contributed by atoms with Gasteiger partial charge in [0.05, 0.1) is 68.0 Å². The Balaban J connectivity index is 0.000000204. The van der Waals surface area contributed by atoms with Gasteiger partial charge in [-0.05, 0) is 134 Å². The topological polar surface area (TPSA) is 254 Å². The molecule has 7 atom stereocenters. The van der Waals surface area contributed by atoms with Gasteiger partial charge in [-0.25, -0.2) is 24.1 Å². The van der Waals surface area contributed by atoms with Crippen LogP contribution in [0.2, 0.25) is 0 Å². The number of methoxy groups -OCH3 is 1. The third-order valence-corrected chi connectivity index (χ3v) is 26.0. The molecule has 0 radical (unpaired) electrons. The first-order valence-corrected chi connectivity index (χ1v) is 44.6. The summed E-state index contributed by atoms with van der Waals surface area (Å²) in [5.74, 6) is 1.81. The molecule has 7 aromatic rings. The number of hydrogen-bond acceptors (Lipinski definition) is 25. The fourth-order valence-electron chi connectivity index (χ4n) is 19.3. The number of rotatable bonds is 26. The summed E-state index contributed by atoms with van der Waals surface area (Å²) in [6.45, 7) is 45.7. The van der Waals surface area contributed by atoms with E-state index in [0.717, 1.165) is 128 Å². The van der Waals surface area contributed by atoms with Crippen molar-refractivity contribution in [1.82, 2.24) is 69.2 Å². The molecule has 0 bridgehead atoms. The Bertz CT molecular complexity index is 5320. The normalized spacial score (nSPS) is 20.8. The van der Waals surface area contributed by atoms with E-state index >= 15 is 0 Å². The van der Waals surface area contributed by atoms with E-state index in [9.17, 15) is 37.1 Å². The van der Waals surface area contributed by atoms with E-state index in [4.69, 9.17) is 63.6 Å². The first-order valence-electron chi connectivity index (χ1n) is 44.6. The molecule has 3 aromatic carbocycles. The molecule has 4 aromatic heterocycles. The first-order chi connectivity index (χ1) is 62.5. The number of nitrogens with zero attached hydrogens (tertiary/aromatic N) is 23. The molecule has 39 heteroatoms. The molecule has 6 saturated heterocycles. The van der Waals surface area contributed by atoms with E-state index in [0.29, 0.717) is 147 Å². The molecule has 9 aliphatic rings. The second-order valence-electron chi connectivity index (χ2n) is 34.6. The third kappa shape index (κ3) is 25.1. The highest BCUT2D eigenvalue weighted by Crippen LogP contribution is 2.43. The van der Waals surface area contributed by atoms with Crippen LogP contribution >= 0.6 is 54.0 Å². The van der Waals surface area contributed by atoms with Crippen molar-refractivity contribution in [3.63, 3.8) is 0 Å². The minimum Gasteiger partial charge on any atom is -0.494 e. The molecule has 31 nitrogen and oxygen atoms in total. The second kappa shape index (κ2) is 48.5. The van der Waals surface area contributed by atoms with Crippen molar-refractivity contribution in [3.8, 4) is 23.8 Å². The minimum absolute atomic E-state index is 0. The van der Waals surface area contributed by atoms with Crippen LogP contribution in [0.1, 0.15) is 78.4 Å². The maximum Gasteiger partial charge on any atom is 0.421 e. The number of carbonyl (C=O) groups is 3. The van der Waals surface area contributed by atoms with Crippen LogP contribution in [0.25, 0.3) is 25.3 Å². The van der Waals surface area contributed by atoms with Crippen LogP contribution in [0.3, 0.4) is 0 Å². The van der Waals surface area contributed by atoms with Crippen LogP contribution in [-0.4, -0.2) is 321 Å². The summed E-state index contributed by atoms with van der Waals surface area (Å²) >= 11 is 0. The molecule has 6 fully saturated rings. The summed E-state index contributed by atoms with van der Waals surface area (Å²) in [6.07, 6.45) is 11.8. The highest BCUT2D eigenvalue weighted by Gasteiger charge is 2.43. The summed E-state index contributed by atoms with van der Waals surface area (Å²) in [5.41, 5.74) is 5.92. The number of β-amino-alcohol motifs (C(OH)–C–C–N with tert-alkyl or cyclic N) is 1. The van der Waals surface area contributed by atoms with Gasteiger partial charge in [0.15, 0.2) is 0 Å². The number of benzene rings is 3. The lowest BCUT2D eigenvalue weighted by molar-refractivity contribution is -0.139. The molecule has 9 aliphatic heterocycles. The number of fused-ring (bicyclic) bond motifs is 4. The van der Waals surface area contributed by atoms with E-state index in [1.807, 2.05) is 43.2 Å². The van der Waals surface area contributed by atoms with Gasteiger partial charge >= 0.3 is 24.2 Å². The molecular weight excluding hydrogens is 1780 g/mol. The fraction of sp³-hybridized carbons (Fsp3) is 0.521. The number of hydrogen-bond donors (Lipinski definition) is 1. The molecule has 3 amide bonds. The van der Waals surface area contributed by atoms with E-state index in [1.165, 1.54) is 52.1 Å². The molecule has 1 N–H and O–H groups in total. The second-order valence-corrected chi connectivity index (χ2v) is 34.6. The number of amides is 3. The van der Waals surface area contributed by atoms with Gasteiger partial charge in [0.2, 0.25) is 37.4 Å². The smallest absolute Gasteiger partial charge is 0.421 e. The number of anilines is 6. The number of aliphatic hydroxyl groups is 1. The van der Waals surface area contributed by atoms with Gasteiger partial charge in [-0.15, -0.1) is 0 Å². The number of likely N-dealkylation sites (N-methyl/N-ethyl adjacent to an activating group) is 3. The highest BCUT2D eigenvalue weighted by molar-refractivity contribution is 7.59. The number of halogens is 4. The number of alkyl halides is 3. The van der Waals surface area contributed by atoms with Crippen molar-refractivity contribution < 1.29 is 56.0 Å². The molecule has 13 heterocycles. The van der Waals surface area contributed by atoms with Gasteiger partial charge in [0, 0.05) is 162 Å². The zero-order valence-corrected chi connectivity index (χ0v) is 80.6. The van der Waals surface area contributed by atoms with Crippen LogP contribution < -0.4 is 48.3 Å². The van der Waals surface area contributed by atoms with Crippen molar-refractivity contribution in [2.45, 2.75) is 120 Å². The Morgan fingerprint density at radius 2 is 1.02 bits per heavy atom. The predicted molar refractivity (Wildman–Crippen MR) is 528 cm³/mol. The van der Waals surface area contributed by atoms with Crippen molar-refractivity contribution in [2.75, 3.05) is 222 Å². The van der Waals surface area contributed by atoms with Gasteiger partial charge in [-0.1, -0.05) is 68.6 Å². The standard InChI is InChI=1S/C33H42F4N8O2.C33H39N7O3.C28H36N8O3.4H2S/c1-22-16-23(42(5)18-22)21-47-32-39-27-20-43(28-9-6-8-26(34)30(28)33(35,36)37)13-11-25(27)31(40-32)44-14-15-45(24(19-44)17-38-2)29(46)10-7-12-41(3)4;1-3-31(42)40-17-16-39(21-26(40)20-34-2)32-28-13-15-38(30-12-6-9-24-8-4-5-11-27(24)30)22-29(28)35-33(36-32)43-23-25-10-7-14-37(25)18-19-41;1-5-26(37)36-14-13-35(17-21(36)15-29-2)27-22-9-12-34(24-16-30-10-8-25(24)38-4)18-23(22)31-28(32-27)39-19-20-7-6-11-33(20)3;;;;/h6-10,22-24H,11-21H2,1,3-5H3;3-6,8-9,11-12,25-26,41H,1,7,10,13-23H2;5,8,10,16,20-21H,1,6-7,9,11-15,17-19H2,3-4H3;4*1H2/b10-7+;;;;;;/t22-,23+,24+;25-,26-;20-,21-;;;;/m100..../s1. The van der Waals surface area contributed by atoms with Crippen molar-refractivity contribution >= 4 is 117 Å². The number of aliphatic hydroxyl groups excluding tert-OH is 1. The number of likely N-dealkylation sites (tertiary alicyclic amines) is 3. The Morgan fingerprint density at radius 1 is 0.549 bits per heavy atom. The molecule has 0 unspecified atom stereocenters. The average Bonchev–Trinajstić information content (AvgIpc) is 1.22. The van der Waals surface area contributed by atoms with Gasteiger partial charge in [0.25, 0.3) is 0 Å². The van der Waals surface area contributed by atoms with Crippen LogP contribution in [-0.2, 0) is 59.5 Å². The lowest BCUT2D eigenvalue weighted by Gasteiger charge is -2.41. The van der Waals surface area contributed by atoms with Crippen LogP contribution in [0, 0.1) is 31.5 Å². The molecule has 716 valence electrons. The Hall–Kier alpha value is -10.7. The summed E-state index contributed by atoms with van der Waals surface area (Å²) in [5, 5.41) is 11.9. The highest BCUT2D eigenvalue weighted by atomic mass is 32.1. The Morgan fingerprint density at radius 3 is 1.49 bits per heavy atom.